The number of fused-ring (bicyclic) bond motifs is 1. The Balaban J connectivity index is 0.00000225. The monoisotopic (exact) mass is 512 g/mol. The largest absolute Gasteiger partial charge is 0.353 e. The zero-order valence-electron chi connectivity index (χ0n) is 15.4. The molecule has 4 heterocycles. The number of hydrogen-bond donors (Lipinski definition) is 2. The molecule has 10 heteroatoms. The molecular weight excluding hydrogens is 491 g/mol. The third-order valence-corrected chi connectivity index (χ3v) is 4.88. The average Bonchev–Trinajstić information content (AvgIpc) is 3.32. The summed E-state index contributed by atoms with van der Waals surface area (Å²) in [4.78, 5) is 10.9. The van der Waals surface area contributed by atoms with Crippen molar-refractivity contribution in [2.45, 2.75) is 19.0 Å². The van der Waals surface area contributed by atoms with Crippen molar-refractivity contribution in [2.24, 2.45) is 4.99 Å². The highest BCUT2D eigenvalue weighted by molar-refractivity contribution is 14.0. The maximum atomic E-state index is 6.26. The fourth-order valence-corrected chi connectivity index (χ4v) is 3.48. The molecule has 1 aliphatic heterocycles. The topological polar surface area (TPSA) is 82.7 Å². The Kier molecular flexibility index (Phi) is 6.89. The van der Waals surface area contributed by atoms with Gasteiger partial charge in [-0.15, -0.1) is 34.2 Å². The molecule has 148 valence electrons. The van der Waals surface area contributed by atoms with Gasteiger partial charge >= 0.3 is 0 Å². The molecule has 28 heavy (non-hydrogen) atoms. The zero-order valence-corrected chi connectivity index (χ0v) is 18.5. The van der Waals surface area contributed by atoms with Crippen LogP contribution in [-0.4, -0.2) is 51.7 Å². The number of rotatable bonds is 4. The number of nitrogens with zero attached hydrogens (tertiary/aromatic N) is 6. The minimum Gasteiger partial charge on any atom is -0.353 e. The van der Waals surface area contributed by atoms with E-state index in [0.29, 0.717) is 11.6 Å². The lowest BCUT2D eigenvalue weighted by atomic mass is 10.3. The van der Waals surface area contributed by atoms with E-state index in [0.717, 1.165) is 42.8 Å². The average molecular weight is 513 g/mol. The van der Waals surface area contributed by atoms with E-state index >= 15 is 0 Å². The van der Waals surface area contributed by atoms with E-state index in [-0.39, 0.29) is 30.0 Å². The minimum atomic E-state index is 0. The number of hydrogen-bond acceptors (Lipinski definition) is 5. The van der Waals surface area contributed by atoms with Crippen LogP contribution in [0.25, 0.3) is 5.65 Å². The van der Waals surface area contributed by atoms with Gasteiger partial charge in [-0.1, -0.05) is 17.7 Å². The van der Waals surface area contributed by atoms with Gasteiger partial charge in [-0.2, -0.15) is 0 Å². The molecule has 0 saturated carbocycles. The van der Waals surface area contributed by atoms with Crippen molar-refractivity contribution in [3.63, 3.8) is 0 Å². The zero-order chi connectivity index (χ0) is 18.6. The minimum absolute atomic E-state index is 0. The van der Waals surface area contributed by atoms with Crippen LogP contribution in [0.5, 0.6) is 0 Å². The van der Waals surface area contributed by atoms with Gasteiger partial charge in [-0.05, 0) is 30.7 Å². The molecule has 1 atom stereocenters. The lowest BCUT2D eigenvalue weighted by Crippen LogP contribution is -2.44. The summed E-state index contributed by atoms with van der Waals surface area (Å²) >= 11 is 6.26. The van der Waals surface area contributed by atoms with E-state index in [1.807, 2.05) is 40.9 Å². The van der Waals surface area contributed by atoms with Crippen LogP contribution in [0, 0.1) is 0 Å². The lowest BCUT2D eigenvalue weighted by Gasteiger charge is -2.20. The molecule has 1 unspecified atom stereocenters. The first kappa shape index (κ1) is 20.6. The summed E-state index contributed by atoms with van der Waals surface area (Å²) in [5.41, 5.74) is 0.830. The van der Waals surface area contributed by atoms with Gasteiger partial charge in [0, 0.05) is 38.6 Å². The molecule has 1 fully saturated rings. The van der Waals surface area contributed by atoms with Gasteiger partial charge in [-0.25, -0.2) is 4.98 Å². The fourth-order valence-electron chi connectivity index (χ4n) is 3.24. The number of guanidine groups is 1. The summed E-state index contributed by atoms with van der Waals surface area (Å²) in [5.74, 6) is 2.41. The van der Waals surface area contributed by atoms with Crippen molar-refractivity contribution in [1.29, 1.82) is 0 Å². The Morgan fingerprint density at radius 3 is 3.00 bits per heavy atom. The van der Waals surface area contributed by atoms with Crippen molar-refractivity contribution < 1.29 is 0 Å². The summed E-state index contributed by atoms with van der Waals surface area (Å²) in [6.45, 7) is 2.26. The second-order valence-corrected chi connectivity index (χ2v) is 6.76. The summed E-state index contributed by atoms with van der Waals surface area (Å²) in [7, 11) is 1.76. The van der Waals surface area contributed by atoms with E-state index in [2.05, 4.69) is 35.7 Å². The second-order valence-electron chi connectivity index (χ2n) is 6.36. The SMILES string of the molecule is CN=C(NCc1nnc2ccccn12)NC1CCN(c2ncccc2Cl)C1.I. The van der Waals surface area contributed by atoms with Crippen LogP contribution in [0.3, 0.4) is 0 Å². The number of halogens is 2. The van der Waals surface area contributed by atoms with Crippen LogP contribution < -0.4 is 15.5 Å². The van der Waals surface area contributed by atoms with Gasteiger partial charge in [0.05, 0.1) is 11.6 Å². The summed E-state index contributed by atoms with van der Waals surface area (Å²) in [6, 6.07) is 9.82. The highest BCUT2D eigenvalue weighted by atomic mass is 127. The van der Waals surface area contributed by atoms with Crippen LogP contribution in [0.4, 0.5) is 5.82 Å². The van der Waals surface area contributed by atoms with E-state index in [1.54, 1.807) is 13.2 Å². The summed E-state index contributed by atoms with van der Waals surface area (Å²) in [5, 5.41) is 15.9. The van der Waals surface area contributed by atoms with Gasteiger partial charge in [0.1, 0.15) is 5.82 Å². The molecule has 0 radical (unpaired) electrons. The fraction of sp³-hybridized carbons (Fsp3) is 0.333. The molecule has 3 aromatic rings. The Hall–Kier alpha value is -2.14. The van der Waals surface area contributed by atoms with E-state index in [1.165, 1.54) is 0 Å². The predicted molar refractivity (Wildman–Crippen MR) is 122 cm³/mol. The first-order valence-corrected chi connectivity index (χ1v) is 9.23. The highest BCUT2D eigenvalue weighted by Gasteiger charge is 2.25. The highest BCUT2D eigenvalue weighted by Crippen LogP contribution is 2.25. The molecule has 0 bridgehead atoms. The van der Waals surface area contributed by atoms with Crippen molar-refractivity contribution in [2.75, 3.05) is 25.0 Å². The number of pyridine rings is 2. The van der Waals surface area contributed by atoms with E-state index < -0.39 is 0 Å². The van der Waals surface area contributed by atoms with Crippen LogP contribution in [-0.2, 0) is 6.54 Å². The molecular formula is C18H22ClIN8. The van der Waals surface area contributed by atoms with Crippen LogP contribution in [0.2, 0.25) is 5.02 Å². The van der Waals surface area contributed by atoms with E-state index in [4.69, 9.17) is 11.6 Å². The Morgan fingerprint density at radius 2 is 2.18 bits per heavy atom. The van der Waals surface area contributed by atoms with Gasteiger partial charge < -0.3 is 15.5 Å². The normalized spacial score (nSPS) is 16.9. The second kappa shape index (κ2) is 9.37. The van der Waals surface area contributed by atoms with Gasteiger partial charge in [-0.3, -0.25) is 9.39 Å². The van der Waals surface area contributed by atoms with Crippen molar-refractivity contribution in [3.8, 4) is 0 Å². The first-order valence-electron chi connectivity index (χ1n) is 8.86. The van der Waals surface area contributed by atoms with Crippen LogP contribution in [0.15, 0.2) is 47.7 Å². The van der Waals surface area contributed by atoms with Crippen molar-refractivity contribution in [3.05, 3.63) is 53.6 Å². The molecule has 3 aromatic heterocycles. The molecule has 4 rings (SSSR count). The predicted octanol–water partition coefficient (Wildman–Crippen LogP) is 2.34. The van der Waals surface area contributed by atoms with Gasteiger partial charge in [0.2, 0.25) is 0 Å². The summed E-state index contributed by atoms with van der Waals surface area (Å²) in [6.07, 6.45) is 4.71. The molecule has 2 N–H and O–H groups in total. The molecule has 0 spiro atoms. The number of nitrogens with one attached hydrogen (secondary N) is 2. The molecule has 0 aromatic carbocycles. The van der Waals surface area contributed by atoms with E-state index in [9.17, 15) is 0 Å². The maximum Gasteiger partial charge on any atom is 0.191 e. The van der Waals surface area contributed by atoms with Gasteiger partial charge in [0.15, 0.2) is 17.4 Å². The Bertz CT molecular complexity index is 959. The standard InChI is InChI=1S/C18H21ClN8.HI/c1-20-18(22-11-16-25-24-15-6-2-3-9-27(15)16)23-13-7-10-26(12-13)17-14(19)5-4-8-21-17;/h2-6,8-9,13H,7,10-12H2,1H3,(H2,20,22,23);1H. The number of aliphatic imine (C=N–C) groups is 1. The third kappa shape index (κ3) is 4.46. The molecule has 0 amide bonds. The molecule has 1 aliphatic rings. The van der Waals surface area contributed by atoms with Crippen LogP contribution >= 0.6 is 35.6 Å². The molecule has 0 aliphatic carbocycles. The van der Waals surface area contributed by atoms with Crippen molar-refractivity contribution >= 4 is 53.0 Å². The molecule has 8 nitrogen and oxygen atoms in total. The number of aromatic nitrogens is 4. The maximum absolute atomic E-state index is 6.26. The lowest BCUT2D eigenvalue weighted by molar-refractivity contribution is 0.643. The molecule has 1 saturated heterocycles. The Labute approximate surface area is 185 Å². The third-order valence-electron chi connectivity index (χ3n) is 4.59. The quantitative estimate of drug-likeness (QED) is 0.317. The van der Waals surface area contributed by atoms with Gasteiger partial charge in [0.25, 0.3) is 0 Å². The smallest absolute Gasteiger partial charge is 0.191 e. The van der Waals surface area contributed by atoms with Crippen molar-refractivity contribution in [1.82, 2.24) is 30.2 Å². The number of anilines is 1. The first-order chi connectivity index (χ1) is 13.2. The summed E-state index contributed by atoms with van der Waals surface area (Å²) < 4.78 is 1.96. The Morgan fingerprint density at radius 1 is 1.29 bits per heavy atom. The van der Waals surface area contributed by atoms with Crippen LogP contribution in [0.1, 0.15) is 12.2 Å².